The van der Waals surface area contributed by atoms with Gasteiger partial charge in [-0.2, -0.15) is 0 Å². The number of rotatable bonds is 3. The Hall–Kier alpha value is -2.44. The molecule has 5 rings (SSSR count). The summed E-state index contributed by atoms with van der Waals surface area (Å²) in [6.07, 6.45) is 2.43. The number of nitrogen functional groups attached to an aromatic ring is 1. The van der Waals surface area contributed by atoms with Crippen LogP contribution >= 0.6 is 11.3 Å². The maximum atomic E-state index is 13.4. The summed E-state index contributed by atoms with van der Waals surface area (Å²) in [4.78, 5) is 19.7. The van der Waals surface area contributed by atoms with Gasteiger partial charge in [0.15, 0.2) is 5.13 Å². The van der Waals surface area contributed by atoms with Crippen LogP contribution in [0.3, 0.4) is 0 Å². The molecule has 144 valence electrons. The molecule has 1 aliphatic carbocycles. The first-order valence-electron chi connectivity index (χ1n) is 9.75. The monoisotopic (exact) mass is 393 g/mol. The second-order valence-corrected chi connectivity index (χ2v) is 8.88. The van der Waals surface area contributed by atoms with Crippen molar-refractivity contribution in [3.8, 4) is 0 Å². The fraction of sp³-hybridized carbons (Fsp3) is 0.364. The van der Waals surface area contributed by atoms with E-state index in [0.717, 1.165) is 21.3 Å². The standard InChI is InChI=1S/C22H23N3O2S/c1-13-9-16(10-19-20(13)24-22(23)28-19)21(26)25-11-17(14-5-3-2-4-6-14)27-18(12-25)15-7-8-15/h2-6,9-10,15,17-18H,7-8,11-12H2,1H3,(H2,23,24)/t17-,18+/m0/s1. The number of fused-ring (bicyclic) bond motifs is 1. The zero-order valence-electron chi connectivity index (χ0n) is 15.8. The number of thiazole rings is 1. The van der Waals surface area contributed by atoms with E-state index in [1.54, 1.807) is 0 Å². The van der Waals surface area contributed by atoms with Crippen molar-refractivity contribution < 1.29 is 9.53 Å². The number of anilines is 1. The molecule has 2 fully saturated rings. The highest BCUT2D eigenvalue weighted by Crippen LogP contribution is 2.40. The predicted molar refractivity (Wildman–Crippen MR) is 111 cm³/mol. The average Bonchev–Trinajstić information content (AvgIpc) is 3.49. The molecule has 1 saturated carbocycles. The Morgan fingerprint density at radius 1 is 1.21 bits per heavy atom. The van der Waals surface area contributed by atoms with Crippen molar-refractivity contribution in [2.75, 3.05) is 18.8 Å². The summed E-state index contributed by atoms with van der Waals surface area (Å²) >= 11 is 1.43. The first-order valence-corrected chi connectivity index (χ1v) is 10.6. The second-order valence-electron chi connectivity index (χ2n) is 7.81. The van der Waals surface area contributed by atoms with Crippen molar-refractivity contribution in [3.63, 3.8) is 0 Å². The third-order valence-corrected chi connectivity index (χ3v) is 6.51. The van der Waals surface area contributed by atoms with Crippen molar-refractivity contribution >= 4 is 32.6 Å². The van der Waals surface area contributed by atoms with Gasteiger partial charge in [0.25, 0.3) is 5.91 Å². The fourth-order valence-electron chi connectivity index (χ4n) is 4.05. The summed E-state index contributed by atoms with van der Waals surface area (Å²) in [5, 5.41) is 0.534. The van der Waals surface area contributed by atoms with E-state index in [1.807, 2.05) is 42.2 Å². The van der Waals surface area contributed by atoms with Gasteiger partial charge in [-0.3, -0.25) is 4.79 Å². The van der Waals surface area contributed by atoms with Gasteiger partial charge in [0, 0.05) is 12.1 Å². The molecule has 2 N–H and O–H groups in total. The molecule has 2 heterocycles. The number of amides is 1. The van der Waals surface area contributed by atoms with E-state index in [-0.39, 0.29) is 18.1 Å². The summed E-state index contributed by atoms with van der Waals surface area (Å²) in [6, 6.07) is 14.1. The Bertz CT molecular complexity index is 1030. The molecule has 1 amide bonds. The first-order chi connectivity index (χ1) is 13.6. The summed E-state index contributed by atoms with van der Waals surface area (Å²) in [6.45, 7) is 3.22. The molecule has 28 heavy (non-hydrogen) atoms. The van der Waals surface area contributed by atoms with E-state index in [2.05, 4.69) is 17.1 Å². The molecule has 2 aromatic carbocycles. The zero-order valence-corrected chi connectivity index (χ0v) is 16.6. The molecular formula is C22H23N3O2S. The predicted octanol–water partition coefficient (Wildman–Crippen LogP) is 4.18. The Labute approximate surface area is 168 Å². The van der Waals surface area contributed by atoms with Gasteiger partial charge in [-0.25, -0.2) is 4.98 Å². The van der Waals surface area contributed by atoms with Crippen LogP contribution in [-0.2, 0) is 4.74 Å². The number of carbonyl (C=O) groups excluding carboxylic acids is 1. The topological polar surface area (TPSA) is 68.5 Å². The lowest BCUT2D eigenvalue weighted by molar-refractivity contribution is -0.0863. The molecule has 0 spiro atoms. The number of ether oxygens (including phenoxy) is 1. The molecule has 5 nitrogen and oxygen atoms in total. The molecule has 0 radical (unpaired) electrons. The highest BCUT2D eigenvalue weighted by molar-refractivity contribution is 7.22. The summed E-state index contributed by atoms with van der Waals surface area (Å²) in [5.74, 6) is 0.638. The van der Waals surface area contributed by atoms with Gasteiger partial charge in [-0.1, -0.05) is 41.7 Å². The van der Waals surface area contributed by atoms with Gasteiger partial charge in [0.2, 0.25) is 0 Å². The average molecular weight is 394 g/mol. The number of aryl methyl sites for hydroxylation is 1. The van der Waals surface area contributed by atoms with Crippen LogP contribution in [0, 0.1) is 12.8 Å². The number of hydrogen-bond acceptors (Lipinski definition) is 5. The summed E-state index contributed by atoms with van der Waals surface area (Å²) < 4.78 is 7.36. The first kappa shape index (κ1) is 17.6. The van der Waals surface area contributed by atoms with Crippen LogP contribution in [0.4, 0.5) is 5.13 Å². The number of benzene rings is 2. The second kappa shape index (κ2) is 6.87. The van der Waals surface area contributed by atoms with Crippen molar-refractivity contribution in [2.24, 2.45) is 5.92 Å². The van der Waals surface area contributed by atoms with E-state index < -0.39 is 0 Å². The van der Waals surface area contributed by atoms with Crippen molar-refractivity contribution in [1.29, 1.82) is 0 Å². The molecule has 3 aromatic rings. The summed E-state index contributed by atoms with van der Waals surface area (Å²) in [7, 11) is 0. The molecule has 6 heteroatoms. The van der Waals surface area contributed by atoms with Crippen LogP contribution in [0.15, 0.2) is 42.5 Å². The Morgan fingerprint density at radius 2 is 2.00 bits per heavy atom. The minimum Gasteiger partial charge on any atom is -0.375 e. The van der Waals surface area contributed by atoms with Crippen molar-refractivity contribution in [3.05, 3.63) is 59.2 Å². The fourth-order valence-corrected chi connectivity index (χ4v) is 4.91. The van der Waals surface area contributed by atoms with E-state index in [1.165, 1.54) is 24.2 Å². The summed E-state index contributed by atoms with van der Waals surface area (Å²) in [5.41, 5.74) is 9.58. The number of nitrogens with two attached hydrogens (primary N) is 1. The van der Waals surface area contributed by atoms with Crippen LogP contribution in [0.2, 0.25) is 0 Å². The normalized spacial score (nSPS) is 22.5. The molecule has 1 aliphatic heterocycles. The SMILES string of the molecule is Cc1cc(C(=O)N2C[C@@H](c3ccccc3)O[C@@H](C3CC3)C2)cc2sc(N)nc12. The van der Waals surface area contributed by atoms with Gasteiger partial charge in [0.05, 0.1) is 22.9 Å². The highest BCUT2D eigenvalue weighted by atomic mass is 32.1. The highest BCUT2D eigenvalue weighted by Gasteiger charge is 2.40. The quantitative estimate of drug-likeness (QED) is 0.725. The smallest absolute Gasteiger partial charge is 0.254 e. The third-order valence-electron chi connectivity index (χ3n) is 5.68. The molecule has 0 bridgehead atoms. The molecule has 2 atom stereocenters. The van der Waals surface area contributed by atoms with Crippen LogP contribution in [0.5, 0.6) is 0 Å². The number of hydrogen-bond donors (Lipinski definition) is 1. The molecular weight excluding hydrogens is 370 g/mol. The van der Waals surface area contributed by atoms with Gasteiger partial charge >= 0.3 is 0 Å². The maximum absolute atomic E-state index is 13.4. The molecule has 2 aliphatic rings. The van der Waals surface area contributed by atoms with E-state index in [9.17, 15) is 4.79 Å². The number of aromatic nitrogens is 1. The van der Waals surface area contributed by atoms with Gasteiger partial charge in [-0.05, 0) is 48.9 Å². The lowest BCUT2D eigenvalue weighted by Gasteiger charge is -2.38. The van der Waals surface area contributed by atoms with Crippen LogP contribution in [0.25, 0.3) is 10.2 Å². The van der Waals surface area contributed by atoms with Crippen LogP contribution in [-0.4, -0.2) is 35.0 Å². The molecule has 0 unspecified atom stereocenters. The van der Waals surface area contributed by atoms with Gasteiger partial charge in [-0.15, -0.1) is 0 Å². The van der Waals surface area contributed by atoms with Crippen LogP contribution < -0.4 is 5.73 Å². The van der Waals surface area contributed by atoms with E-state index in [0.29, 0.717) is 29.7 Å². The van der Waals surface area contributed by atoms with Gasteiger partial charge in [0.1, 0.15) is 6.10 Å². The Morgan fingerprint density at radius 3 is 2.75 bits per heavy atom. The molecule has 1 aromatic heterocycles. The largest absolute Gasteiger partial charge is 0.375 e. The number of nitrogens with zero attached hydrogens (tertiary/aromatic N) is 2. The minimum absolute atomic E-state index is 0.0619. The zero-order chi connectivity index (χ0) is 19.3. The Balaban J connectivity index is 1.45. The van der Waals surface area contributed by atoms with Crippen molar-refractivity contribution in [2.45, 2.75) is 32.0 Å². The number of morpholine rings is 1. The van der Waals surface area contributed by atoms with E-state index >= 15 is 0 Å². The number of carbonyl (C=O) groups is 1. The van der Waals surface area contributed by atoms with E-state index in [4.69, 9.17) is 10.5 Å². The molecule has 1 saturated heterocycles. The van der Waals surface area contributed by atoms with Crippen LogP contribution in [0.1, 0.15) is 40.4 Å². The lowest BCUT2D eigenvalue weighted by Crippen LogP contribution is -2.47. The Kier molecular flexibility index (Phi) is 4.33. The minimum atomic E-state index is -0.0756. The maximum Gasteiger partial charge on any atom is 0.254 e. The lowest BCUT2D eigenvalue weighted by atomic mass is 10.0. The van der Waals surface area contributed by atoms with Crippen molar-refractivity contribution in [1.82, 2.24) is 9.88 Å². The van der Waals surface area contributed by atoms with Gasteiger partial charge < -0.3 is 15.4 Å². The third kappa shape index (κ3) is 3.27.